The average Bonchev–Trinajstić information content (AvgIpc) is 3.12. The Morgan fingerprint density at radius 2 is 1.82 bits per heavy atom. The van der Waals surface area contributed by atoms with Gasteiger partial charge in [0.05, 0.1) is 10.6 Å². The molecule has 33 heavy (non-hydrogen) atoms. The van der Waals surface area contributed by atoms with Gasteiger partial charge in [0.2, 0.25) is 5.91 Å². The van der Waals surface area contributed by atoms with Crippen LogP contribution in [-0.4, -0.2) is 48.1 Å². The van der Waals surface area contributed by atoms with Crippen molar-refractivity contribution in [2.45, 2.75) is 46.3 Å². The van der Waals surface area contributed by atoms with E-state index in [2.05, 4.69) is 25.7 Å². The van der Waals surface area contributed by atoms with Crippen molar-refractivity contribution < 1.29 is 19.2 Å². The van der Waals surface area contributed by atoms with Crippen molar-refractivity contribution in [2.24, 2.45) is 5.92 Å². The maximum absolute atomic E-state index is 12.8. The van der Waals surface area contributed by atoms with E-state index in [9.17, 15) is 19.7 Å². The van der Waals surface area contributed by atoms with Crippen molar-refractivity contribution in [3.63, 3.8) is 0 Å². The lowest BCUT2D eigenvalue weighted by atomic mass is 10.0. The largest absolute Gasteiger partial charge is 0.444 e. The predicted octanol–water partition coefficient (Wildman–Crippen LogP) is 3.19. The number of amides is 2. The average molecular weight is 455 g/mol. The Balaban J connectivity index is 1.82. The van der Waals surface area contributed by atoms with Crippen molar-refractivity contribution in [1.29, 1.82) is 0 Å². The Hall–Kier alpha value is -4.09. The minimum absolute atomic E-state index is 0.00139. The zero-order valence-corrected chi connectivity index (χ0v) is 18.9. The zero-order valence-electron chi connectivity index (χ0n) is 18.9. The van der Waals surface area contributed by atoms with Crippen LogP contribution in [0.15, 0.2) is 36.5 Å². The van der Waals surface area contributed by atoms with Gasteiger partial charge < -0.3 is 10.1 Å². The molecular formula is C21H25N7O5. The molecule has 1 aromatic carbocycles. The van der Waals surface area contributed by atoms with E-state index >= 15 is 0 Å². The van der Waals surface area contributed by atoms with Crippen molar-refractivity contribution >= 4 is 29.4 Å². The van der Waals surface area contributed by atoms with Crippen LogP contribution in [0.4, 0.5) is 16.4 Å². The van der Waals surface area contributed by atoms with Crippen molar-refractivity contribution in [1.82, 2.24) is 24.9 Å². The normalized spacial score (nSPS) is 12.4. The van der Waals surface area contributed by atoms with Gasteiger partial charge in [-0.05, 0) is 44.9 Å². The molecule has 0 fully saturated rings. The minimum Gasteiger partial charge on any atom is -0.444 e. The van der Waals surface area contributed by atoms with Gasteiger partial charge in [-0.1, -0.05) is 13.8 Å². The van der Waals surface area contributed by atoms with Crippen LogP contribution in [0, 0.1) is 16.0 Å². The number of benzene rings is 1. The van der Waals surface area contributed by atoms with E-state index < -0.39 is 28.6 Å². The van der Waals surface area contributed by atoms with E-state index in [0.29, 0.717) is 11.3 Å². The molecule has 2 aromatic heterocycles. The number of rotatable bonds is 6. The molecule has 0 saturated heterocycles. The Morgan fingerprint density at radius 3 is 2.39 bits per heavy atom. The van der Waals surface area contributed by atoms with E-state index in [1.54, 1.807) is 52.8 Å². The van der Waals surface area contributed by atoms with Gasteiger partial charge in [0, 0.05) is 23.9 Å². The van der Waals surface area contributed by atoms with Gasteiger partial charge in [-0.3, -0.25) is 20.2 Å². The topological polar surface area (TPSA) is 154 Å². The number of nitro benzene ring substituents is 1. The summed E-state index contributed by atoms with van der Waals surface area (Å²) in [6, 6.07) is 6.75. The first-order valence-electron chi connectivity index (χ1n) is 10.2. The lowest BCUT2D eigenvalue weighted by Crippen LogP contribution is -2.48. The van der Waals surface area contributed by atoms with Crippen LogP contribution in [0.5, 0.6) is 0 Å². The third kappa shape index (κ3) is 5.79. The number of hydrogen-bond acceptors (Lipinski definition) is 8. The van der Waals surface area contributed by atoms with E-state index in [-0.39, 0.29) is 23.3 Å². The molecule has 0 saturated carbocycles. The molecule has 0 spiro atoms. The van der Waals surface area contributed by atoms with Crippen LogP contribution in [-0.2, 0) is 9.53 Å². The first-order chi connectivity index (χ1) is 15.4. The molecule has 2 N–H and O–H groups in total. The molecule has 3 aromatic rings. The number of aromatic nitrogens is 4. The minimum atomic E-state index is -0.881. The van der Waals surface area contributed by atoms with Gasteiger partial charge in [-0.2, -0.15) is 9.50 Å². The summed E-state index contributed by atoms with van der Waals surface area (Å²) in [4.78, 5) is 43.8. The monoisotopic (exact) mass is 455 g/mol. The van der Waals surface area contributed by atoms with Crippen LogP contribution in [0.2, 0.25) is 0 Å². The van der Waals surface area contributed by atoms with Crippen LogP contribution in [0.25, 0.3) is 17.0 Å². The number of non-ortho nitro benzene ring substituents is 1. The highest BCUT2D eigenvalue weighted by Crippen LogP contribution is 2.23. The Labute approximate surface area is 189 Å². The van der Waals surface area contributed by atoms with Gasteiger partial charge in [0.15, 0.2) is 0 Å². The molecule has 12 nitrogen and oxygen atoms in total. The molecule has 0 aliphatic carbocycles. The van der Waals surface area contributed by atoms with Gasteiger partial charge >= 0.3 is 6.09 Å². The van der Waals surface area contributed by atoms with Gasteiger partial charge in [0.1, 0.15) is 11.6 Å². The van der Waals surface area contributed by atoms with E-state index in [1.807, 2.05) is 0 Å². The standard InChI is InChI=1S/C21H25N7O5/c1-12(2)16(23-20(30)33-21(3,4)5)17(29)24-18-25-19-22-11-10-15(27(19)26-18)13-6-8-14(9-7-13)28(31)32/h6-12,16H,1-5H3,(H,23,30)(H,24,26,29). The zero-order chi connectivity index (χ0) is 24.3. The highest BCUT2D eigenvalue weighted by atomic mass is 16.6. The SMILES string of the molecule is CC(C)C(NC(=O)OC(C)(C)C)C(=O)Nc1nc2nccc(-c3ccc([N+](=O)[O-])cc3)n2n1. The second kappa shape index (κ2) is 9.18. The van der Waals surface area contributed by atoms with E-state index in [0.717, 1.165) is 0 Å². The molecule has 0 aliphatic rings. The molecular weight excluding hydrogens is 430 g/mol. The summed E-state index contributed by atoms with van der Waals surface area (Å²) in [5, 5.41) is 20.4. The van der Waals surface area contributed by atoms with Crippen LogP contribution >= 0.6 is 0 Å². The molecule has 3 rings (SSSR count). The highest BCUT2D eigenvalue weighted by molar-refractivity contribution is 5.95. The highest BCUT2D eigenvalue weighted by Gasteiger charge is 2.28. The number of fused-ring (bicyclic) bond motifs is 1. The van der Waals surface area contributed by atoms with Crippen molar-refractivity contribution in [3.05, 3.63) is 46.6 Å². The summed E-state index contributed by atoms with van der Waals surface area (Å²) >= 11 is 0. The number of carbonyl (C=O) groups excluding carboxylic acids is 2. The lowest BCUT2D eigenvalue weighted by molar-refractivity contribution is -0.384. The fraction of sp³-hybridized carbons (Fsp3) is 0.381. The first-order valence-corrected chi connectivity index (χ1v) is 10.2. The number of nitrogens with one attached hydrogen (secondary N) is 2. The number of anilines is 1. The van der Waals surface area contributed by atoms with Crippen LogP contribution in [0.3, 0.4) is 0 Å². The molecule has 12 heteroatoms. The Morgan fingerprint density at radius 1 is 1.15 bits per heavy atom. The third-order valence-corrected chi connectivity index (χ3v) is 4.47. The number of hydrogen-bond donors (Lipinski definition) is 2. The predicted molar refractivity (Wildman–Crippen MR) is 119 cm³/mol. The molecule has 2 amide bonds. The summed E-state index contributed by atoms with van der Waals surface area (Å²) in [5.41, 5.74) is 0.496. The number of alkyl carbamates (subject to hydrolysis) is 1. The smallest absolute Gasteiger partial charge is 0.408 e. The second-order valence-corrected chi connectivity index (χ2v) is 8.64. The van der Waals surface area contributed by atoms with Crippen molar-refractivity contribution in [3.8, 4) is 11.3 Å². The van der Waals surface area contributed by atoms with Gasteiger partial charge in [-0.15, -0.1) is 5.10 Å². The number of nitro groups is 1. The fourth-order valence-corrected chi connectivity index (χ4v) is 2.98. The molecule has 0 aliphatic heterocycles. The maximum Gasteiger partial charge on any atom is 0.408 e. The molecule has 1 atom stereocenters. The third-order valence-electron chi connectivity index (χ3n) is 4.47. The van der Waals surface area contributed by atoms with Gasteiger partial charge in [0.25, 0.3) is 17.4 Å². The van der Waals surface area contributed by atoms with Gasteiger partial charge in [-0.25, -0.2) is 9.78 Å². The van der Waals surface area contributed by atoms with Crippen molar-refractivity contribution in [2.75, 3.05) is 5.32 Å². The Kier molecular flexibility index (Phi) is 6.56. The summed E-state index contributed by atoms with van der Waals surface area (Å²) < 4.78 is 6.66. The Bertz CT molecular complexity index is 1180. The number of ether oxygens (including phenoxy) is 1. The van der Waals surface area contributed by atoms with E-state index in [4.69, 9.17) is 4.74 Å². The first kappa shape index (κ1) is 23.6. The quantitative estimate of drug-likeness (QED) is 0.424. The number of carbonyl (C=O) groups is 2. The molecule has 0 bridgehead atoms. The van der Waals surface area contributed by atoms with Crippen LogP contribution in [0.1, 0.15) is 34.6 Å². The van der Waals surface area contributed by atoms with E-state index in [1.165, 1.54) is 22.8 Å². The fourth-order valence-electron chi connectivity index (χ4n) is 2.98. The summed E-state index contributed by atoms with van der Waals surface area (Å²) in [6.45, 7) is 8.76. The molecule has 2 heterocycles. The second-order valence-electron chi connectivity index (χ2n) is 8.64. The molecule has 0 radical (unpaired) electrons. The summed E-state index contributed by atoms with van der Waals surface area (Å²) in [5.74, 6) is -0.521. The molecule has 1 unspecified atom stereocenters. The lowest BCUT2D eigenvalue weighted by Gasteiger charge is -2.24. The summed E-state index contributed by atoms with van der Waals surface area (Å²) in [7, 11) is 0. The maximum atomic E-state index is 12.8. The molecule has 174 valence electrons. The summed E-state index contributed by atoms with van der Waals surface area (Å²) in [6.07, 6.45) is 0.814. The number of nitrogens with zero attached hydrogens (tertiary/aromatic N) is 5. The van der Waals surface area contributed by atoms with Crippen LogP contribution < -0.4 is 10.6 Å².